The largest absolute Gasteiger partial charge is 0.478 e. The number of carboxylic acids is 1. The predicted octanol–water partition coefficient (Wildman–Crippen LogP) is 3.02. The smallest absolute Gasteiger partial charge is 0.359 e. The predicted molar refractivity (Wildman–Crippen MR) is 107 cm³/mol. The Labute approximate surface area is 166 Å². The van der Waals surface area contributed by atoms with Crippen molar-refractivity contribution in [2.45, 2.75) is 26.2 Å². The third-order valence-corrected chi connectivity index (χ3v) is 3.99. The molecule has 0 saturated carbocycles. The summed E-state index contributed by atoms with van der Waals surface area (Å²) in [5.74, 6) is -1.33. The first-order valence-corrected chi connectivity index (χ1v) is 8.55. The van der Waals surface area contributed by atoms with Gasteiger partial charge in [-0.15, -0.1) is 0 Å². The van der Waals surface area contributed by atoms with Crippen LogP contribution in [0.5, 0.6) is 0 Å². The Balaban J connectivity index is 0.000000211. The third kappa shape index (κ3) is 5.87. The van der Waals surface area contributed by atoms with Crippen molar-refractivity contribution >= 4 is 28.7 Å². The van der Waals surface area contributed by atoms with E-state index in [1.165, 1.54) is 19.1 Å². The Hall–Kier alpha value is -3.74. The van der Waals surface area contributed by atoms with Crippen LogP contribution in [0.1, 0.15) is 18.1 Å². The molecule has 150 valence electrons. The van der Waals surface area contributed by atoms with E-state index in [1.807, 2.05) is 19.1 Å². The van der Waals surface area contributed by atoms with Crippen molar-refractivity contribution < 1.29 is 23.8 Å². The number of carbonyl (C=O) groups excluding carboxylic acids is 1. The molecule has 0 saturated heterocycles. The van der Waals surface area contributed by atoms with E-state index >= 15 is 0 Å². The second-order valence-corrected chi connectivity index (χ2v) is 6.27. The van der Waals surface area contributed by atoms with Gasteiger partial charge in [-0.2, -0.15) is 4.99 Å². The zero-order valence-electron chi connectivity index (χ0n) is 15.9. The van der Waals surface area contributed by atoms with Gasteiger partial charge >= 0.3 is 11.6 Å². The Bertz CT molecular complexity index is 1100. The highest BCUT2D eigenvalue weighted by Crippen LogP contribution is 2.18. The Morgan fingerprint density at radius 1 is 1.24 bits per heavy atom. The van der Waals surface area contributed by atoms with Crippen LogP contribution >= 0.6 is 0 Å². The normalized spacial score (nSPS) is 12.2. The summed E-state index contributed by atoms with van der Waals surface area (Å²) >= 11 is 0. The number of fused-ring (bicyclic) bond motifs is 1. The number of rotatable bonds is 5. The van der Waals surface area contributed by atoms with E-state index in [1.54, 1.807) is 36.4 Å². The van der Waals surface area contributed by atoms with E-state index in [-0.39, 0.29) is 12.2 Å². The number of ether oxygens (including phenoxy) is 1. The number of isocyanates is 1. The van der Waals surface area contributed by atoms with Crippen LogP contribution in [0.2, 0.25) is 0 Å². The van der Waals surface area contributed by atoms with Gasteiger partial charge in [-0.25, -0.2) is 14.4 Å². The molecule has 8 nitrogen and oxygen atoms in total. The maximum atomic E-state index is 11.0. The molecule has 1 aromatic heterocycles. The number of hydrogen-bond acceptors (Lipinski definition) is 7. The molecule has 1 heterocycles. The lowest BCUT2D eigenvalue weighted by atomic mass is 10.1. The highest BCUT2D eigenvalue weighted by atomic mass is 16.5. The second kappa shape index (κ2) is 9.45. The molecule has 0 aliphatic carbocycles. The van der Waals surface area contributed by atoms with E-state index in [9.17, 15) is 14.4 Å². The summed E-state index contributed by atoms with van der Waals surface area (Å²) in [5, 5.41) is 9.77. The maximum absolute atomic E-state index is 11.0. The summed E-state index contributed by atoms with van der Waals surface area (Å²) in [6.07, 6.45) is 1.20. The number of hydrogen-bond donors (Lipinski definition) is 2. The SMILES string of the molecule is C[C@@](N=C=O)(OCc1ccccc1)C(=O)O.Cc1cc(=O)oc2cc(N)ccc12. The highest BCUT2D eigenvalue weighted by molar-refractivity contribution is 5.82. The number of nitrogens with two attached hydrogens (primary N) is 1. The standard InChI is InChI=1S/C11H11NO4.C10H9NO2/c1-11(10(14)15,12-8-13)16-7-9-5-3-2-4-6-9;1-6-4-10(12)13-9-5-7(11)2-3-8(6)9/h2-6H,7H2,1H3,(H,14,15);2-5H,11H2,1H3/t11-;/m1./s1. The number of anilines is 1. The summed E-state index contributed by atoms with van der Waals surface area (Å²) in [6.45, 7) is 3.13. The van der Waals surface area contributed by atoms with Gasteiger partial charge in [0.05, 0.1) is 6.61 Å². The summed E-state index contributed by atoms with van der Waals surface area (Å²) in [6, 6.07) is 15.8. The zero-order chi connectivity index (χ0) is 21.4. The van der Waals surface area contributed by atoms with E-state index in [2.05, 4.69) is 4.99 Å². The minimum atomic E-state index is -1.88. The number of nitrogen functional groups attached to an aromatic ring is 1. The van der Waals surface area contributed by atoms with Crippen LogP contribution in [0.4, 0.5) is 5.69 Å². The first kappa shape index (κ1) is 21.6. The van der Waals surface area contributed by atoms with E-state index in [0.717, 1.165) is 16.5 Å². The monoisotopic (exact) mass is 396 g/mol. The number of aliphatic imine (C=N–C) groups is 1. The van der Waals surface area contributed by atoms with Gasteiger partial charge in [0.15, 0.2) is 0 Å². The van der Waals surface area contributed by atoms with E-state index in [4.69, 9.17) is 20.0 Å². The van der Waals surface area contributed by atoms with Gasteiger partial charge in [-0.3, -0.25) is 0 Å². The lowest BCUT2D eigenvalue weighted by molar-refractivity contribution is -0.164. The summed E-state index contributed by atoms with van der Waals surface area (Å²) in [5.41, 5.74) is 6.20. The fraction of sp³-hybridized carbons (Fsp3) is 0.190. The molecule has 29 heavy (non-hydrogen) atoms. The van der Waals surface area contributed by atoms with Crippen LogP contribution in [0, 0.1) is 6.92 Å². The van der Waals surface area contributed by atoms with Crippen molar-refractivity contribution in [1.82, 2.24) is 0 Å². The molecule has 3 N–H and O–H groups in total. The minimum absolute atomic E-state index is 0.0643. The molecule has 3 aromatic rings. The van der Waals surface area contributed by atoms with E-state index < -0.39 is 11.7 Å². The van der Waals surface area contributed by atoms with Crippen LogP contribution in [-0.4, -0.2) is 22.9 Å². The molecule has 2 aromatic carbocycles. The molecule has 0 aliphatic heterocycles. The van der Waals surface area contributed by atoms with Gasteiger partial charge in [0, 0.05) is 23.2 Å². The van der Waals surface area contributed by atoms with Crippen LogP contribution in [0.3, 0.4) is 0 Å². The van der Waals surface area contributed by atoms with Gasteiger partial charge in [0.2, 0.25) is 6.08 Å². The molecular weight excluding hydrogens is 376 g/mol. The quantitative estimate of drug-likeness (QED) is 0.293. The van der Waals surface area contributed by atoms with Crippen LogP contribution < -0.4 is 11.4 Å². The van der Waals surface area contributed by atoms with Gasteiger partial charge in [0.25, 0.3) is 5.72 Å². The molecule has 3 rings (SSSR count). The van der Waals surface area contributed by atoms with Gasteiger partial charge < -0.3 is 20.0 Å². The number of nitrogens with zero attached hydrogens (tertiary/aromatic N) is 1. The second-order valence-electron chi connectivity index (χ2n) is 6.27. The number of aryl methyl sites for hydroxylation is 1. The van der Waals surface area contributed by atoms with Crippen LogP contribution in [0.25, 0.3) is 11.0 Å². The molecular formula is C21H20N2O6. The van der Waals surface area contributed by atoms with Crippen molar-refractivity contribution in [2.24, 2.45) is 4.99 Å². The Morgan fingerprint density at radius 3 is 2.55 bits per heavy atom. The summed E-state index contributed by atoms with van der Waals surface area (Å²) in [4.78, 5) is 35.1. The first-order valence-electron chi connectivity index (χ1n) is 8.55. The first-order chi connectivity index (χ1) is 13.7. The molecule has 0 aliphatic rings. The lowest BCUT2D eigenvalue weighted by Gasteiger charge is -2.18. The molecule has 0 fully saturated rings. The zero-order valence-corrected chi connectivity index (χ0v) is 15.9. The maximum Gasteiger partial charge on any atom is 0.359 e. The molecule has 8 heteroatoms. The molecule has 0 unspecified atom stereocenters. The van der Waals surface area contributed by atoms with Crippen LogP contribution in [-0.2, 0) is 20.9 Å². The summed E-state index contributed by atoms with van der Waals surface area (Å²) < 4.78 is 10.1. The van der Waals surface area contributed by atoms with Crippen molar-refractivity contribution in [2.75, 3.05) is 5.73 Å². The van der Waals surface area contributed by atoms with Crippen LogP contribution in [0.15, 0.2) is 68.8 Å². The van der Waals surface area contributed by atoms with Crippen molar-refractivity contribution in [3.63, 3.8) is 0 Å². The fourth-order valence-electron chi connectivity index (χ4n) is 2.37. The molecule has 0 bridgehead atoms. The number of aliphatic carboxylic acids is 1. The summed E-state index contributed by atoms with van der Waals surface area (Å²) in [7, 11) is 0. The topological polar surface area (TPSA) is 132 Å². The molecule has 0 amide bonds. The molecule has 0 radical (unpaired) electrons. The van der Waals surface area contributed by atoms with Gasteiger partial charge in [-0.1, -0.05) is 30.3 Å². The average Bonchev–Trinajstić information content (AvgIpc) is 2.67. The van der Waals surface area contributed by atoms with Crippen molar-refractivity contribution in [1.29, 1.82) is 0 Å². The Morgan fingerprint density at radius 2 is 1.93 bits per heavy atom. The number of carboxylic acid groups (broad SMARTS) is 1. The molecule has 1 atom stereocenters. The van der Waals surface area contributed by atoms with Gasteiger partial charge in [0.1, 0.15) is 5.58 Å². The Kier molecular flexibility index (Phi) is 7.03. The van der Waals surface area contributed by atoms with Crippen molar-refractivity contribution in [3.05, 3.63) is 76.1 Å². The average molecular weight is 396 g/mol. The van der Waals surface area contributed by atoms with E-state index in [0.29, 0.717) is 11.3 Å². The fourth-order valence-corrected chi connectivity index (χ4v) is 2.37. The number of carbonyl (C=O) groups is 1. The number of benzene rings is 2. The third-order valence-electron chi connectivity index (χ3n) is 3.99. The minimum Gasteiger partial charge on any atom is -0.478 e. The van der Waals surface area contributed by atoms with Crippen molar-refractivity contribution in [3.8, 4) is 0 Å². The van der Waals surface area contributed by atoms with Gasteiger partial charge in [-0.05, 0) is 37.1 Å². The highest BCUT2D eigenvalue weighted by Gasteiger charge is 2.34. The lowest BCUT2D eigenvalue weighted by Crippen LogP contribution is -2.36. The molecule has 0 spiro atoms.